The van der Waals surface area contributed by atoms with E-state index in [9.17, 15) is 29.1 Å². The number of halogens is 2. The minimum absolute atomic E-state index is 0.179. The number of hydrogen-bond acceptors (Lipinski definition) is 6. The van der Waals surface area contributed by atoms with Gasteiger partial charge in [-0.25, -0.2) is 0 Å². The molecule has 1 aliphatic heterocycles. The standard InChI is InChI=1S/C25H32Cl2N4O6/c1-14(2)23(30-20(33)7-5-4-6-10-31-21(34)8-9-22(31)35)25(37)28-15(3)24(36)29-16-11-18(26)17(13-32)19(27)12-16/h8-9,11-12,14-15,23,32H,4-7,10,13H2,1-3H3,(H,28,37)(H,29,36)(H,30,33)/t15-,23-/m0/s1. The maximum atomic E-state index is 12.8. The van der Waals surface area contributed by atoms with E-state index in [4.69, 9.17) is 23.2 Å². The molecule has 2 rings (SSSR count). The molecule has 1 heterocycles. The average molecular weight is 555 g/mol. The summed E-state index contributed by atoms with van der Waals surface area (Å²) in [5.41, 5.74) is 0.647. The molecule has 4 N–H and O–H groups in total. The van der Waals surface area contributed by atoms with E-state index in [2.05, 4.69) is 16.0 Å². The maximum Gasteiger partial charge on any atom is 0.253 e. The van der Waals surface area contributed by atoms with Gasteiger partial charge in [0, 0.05) is 46.4 Å². The van der Waals surface area contributed by atoms with E-state index in [1.807, 2.05) is 0 Å². The molecule has 0 aliphatic carbocycles. The number of imide groups is 1. The van der Waals surface area contributed by atoms with Crippen LogP contribution in [-0.4, -0.2) is 58.2 Å². The highest BCUT2D eigenvalue weighted by Gasteiger charge is 2.27. The molecule has 0 radical (unpaired) electrons. The van der Waals surface area contributed by atoms with Gasteiger partial charge in [-0.3, -0.25) is 28.9 Å². The smallest absolute Gasteiger partial charge is 0.253 e. The van der Waals surface area contributed by atoms with Crippen LogP contribution in [0, 0.1) is 5.92 Å². The third-order valence-electron chi connectivity index (χ3n) is 5.77. The molecule has 1 aromatic rings. The lowest BCUT2D eigenvalue weighted by atomic mass is 10.0. The molecule has 0 fully saturated rings. The zero-order valence-electron chi connectivity index (χ0n) is 21.0. The predicted octanol–water partition coefficient (Wildman–Crippen LogP) is 2.56. The van der Waals surface area contributed by atoms with Crippen molar-refractivity contribution in [3.05, 3.63) is 39.9 Å². The van der Waals surface area contributed by atoms with Crippen molar-refractivity contribution in [2.45, 2.75) is 65.1 Å². The monoisotopic (exact) mass is 554 g/mol. The van der Waals surface area contributed by atoms with Crippen LogP contribution in [0.1, 0.15) is 52.0 Å². The summed E-state index contributed by atoms with van der Waals surface area (Å²) in [7, 11) is 0. The number of hydrogen-bond donors (Lipinski definition) is 4. The Morgan fingerprint density at radius 1 is 0.919 bits per heavy atom. The maximum absolute atomic E-state index is 12.8. The Morgan fingerprint density at radius 3 is 2.05 bits per heavy atom. The van der Waals surface area contributed by atoms with Gasteiger partial charge in [0.15, 0.2) is 0 Å². The summed E-state index contributed by atoms with van der Waals surface area (Å²) in [4.78, 5) is 62.0. The van der Waals surface area contributed by atoms with Gasteiger partial charge in [0.25, 0.3) is 11.8 Å². The normalized spacial score (nSPS) is 14.6. The van der Waals surface area contributed by atoms with Crippen LogP contribution in [0.25, 0.3) is 0 Å². The molecule has 0 bridgehead atoms. The number of amides is 5. The van der Waals surface area contributed by atoms with Gasteiger partial charge in [0.2, 0.25) is 17.7 Å². The largest absolute Gasteiger partial charge is 0.392 e. The van der Waals surface area contributed by atoms with E-state index in [-0.39, 0.29) is 46.7 Å². The van der Waals surface area contributed by atoms with Gasteiger partial charge in [0.05, 0.1) is 6.61 Å². The van der Waals surface area contributed by atoms with E-state index >= 15 is 0 Å². The second kappa shape index (κ2) is 14.1. The molecule has 0 aromatic heterocycles. The zero-order valence-corrected chi connectivity index (χ0v) is 22.5. The quantitative estimate of drug-likeness (QED) is 0.218. The molecule has 1 aliphatic rings. The summed E-state index contributed by atoms with van der Waals surface area (Å²) in [5.74, 6) is -2.23. The molecule has 202 valence electrons. The van der Waals surface area contributed by atoms with E-state index in [0.717, 1.165) is 4.90 Å². The van der Waals surface area contributed by atoms with Crippen molar-refractivity contribution in [2.75, 3.05) is 11.9 Å². The van der Waals surface area contributed by atoms with Crippen LogP contribution in [0.4, 0.5) is 5.69 Å². The molecule has 0 unspecified atom stereocenters. The third kappa shape index (κ3) is 8.84. The highest BCUT2D eigenvalue weighted by atomic mass is 35.5. The zero-order chi connectivity index (χ0) is 27.7. The van der Waals surface area contributed by atoms with Crippen LogP contribution in [0.15, 0.2) is 24.3 Å². The van der Waals surface area contributed by atoms with Gasteiger partial charge < -0.3 is 21.1 Å². The second-order valence-electron chi connectivity index (χ2n) is 9.06. The molecule has 5 amide bonds. The van der Waals surface area contributed by atoms with Gasteiger partial charge >= 0.3 is 0 Å². The topological polar surface area (TPSA) is 145 Å². The Kier molecular flexibility index (Phi) is 11.5. The number of aliphatic hydroxyl groups excluding tert-OH is 1. The molecule has 12 heteroatoms. The predicted molar refractivity (Wildman–Crippen MR) is 140 cm³/mol. The molecule has 10 nitrogen and oxygen atoms in total. The molecule has 0 saturated carbocycles. The number of carbonyl (C=O) groups excluding carboxylic acids is 5. The summed E-state index contributed by atoms with van der Waals surface area (Å²) in [6.07, 6.45) is 4.38. The minimum atomic E-state index is -0.925. The lowest BCUT2D eigenvalue weighted by Gasteiger charge is -2.24. The van der Waals surface area contributed by atoms with Crippen molar-refractivity contribution >= 4 is 58.4 Å². The molecular formula is C25H32Cl2N4O6. The van der Waals surface area contributed by atoms with Crippen molar-refractivity contribution in [1.82, 2.24) is 15.5 Å². The van der Waals surface area contributed by atoms with Crippen LogP contribution >= 0.6 is 23.2 Å². The number of unbranched alkanes of at least 4 members (excludes halogenated alkanes) is 2. The van der Waals surface area contributed by atoms with Gasteiger partial charge in [-0.1, -0.05) is 43.5 Å². The highest BCUT2D eigenvalue weighted by Crippen LogP contribution is 2.29. The number of benzene rings is 1. The Bertz CT molecular complexity index is 1030. The number of aliphatic hydroxyl groups is 1. The number of rotatable bonds is 13. The molecule has 37 heavy (non-hydrogen) atoms. The summed E-state index contributed by atoms with van der Waals surface area (Å²) in [6.45, 7) is 5.01. The Morgan fingerprint density at radius 2 is 1.51 bits per heavy atom. The van der Waals surface area contributed by atoms with Crippen molar-refractivity contribution in [2.24, 2.45) is 5.92 Å². The highest BCUT2D eigenvalue weighted by molar-refractivity contribution is 6.36. The van der Waals surface area contributed by atoms with E-state index < -0.39 is 23.9 Å². The molecule has 1 aromatic carbocycles. The Balaban J connectivity index is 1.81. The van der Waals surface area contributed by atoms with Crippen LogP contribution in [0.2, 0.25) is 10.0 Å². The lowest BCUT2D eigenvalue weighted by Crippen LogP contribution is -2.53. The second-order valence-corrected chi connectivity index (χ2v) is 9.87. The van der Waals surface area contributed by atoms with E-state index in [0.29, 0.717) is 37.1 Å². The SMILES string of the molecule is CC(C)[C@H](NC(=O)CCCCCN1C(=O)C=CC1=O)C(=O)N[C@@H](C)C(=O)Nc1cc(Cl)c(CO)c(Cl)c1. The van der Waals surface area contributed by atoms with Crippen molar-refractivity contribution in [3.8, 4) is 0 Å². The molecule has 0 saturated heterocycles. The number of carbonyl (C=O) groups is 5. The minimum Gasteiger partial charge on any atom is -0.392 e. The molecule has 2 atom stereocenters. The summed E-state index contributed by atoms with van der Waals surface area (Å²) < 4.78 is 0. The fourth-order valence-corrected chi connectivity index (χ4v) is 4.22. The number of nitrogens with one attached hydrogen (secondary N) is 3. The first-order valence-electron chi connectivity index (χ1n) is 12.0. The van der Waals surface area contributed by atoms with Crippen molar-refractivity contribution in [1.29, 1.82) is 0 Å². The van der Waals surface area contributed by atoms with Gasteiger partial charge in [-0.15, -0.1) is 0 Å². The van der Waals surface area contributed by atoms with Gasteiger partial charge in [-0.05, 0) is 37.8 Å². The van der Waals surface area contributed by atoms with Crippen LogP contribution in [0.5, 0.6) is 0 Å². The summed E-state index contributed by atoms with van der Waals surface area (Å²) in [5, 5.41) is 17.6. The van der Waals surface area contributed by atoms with Crippen LogP contribution in [-0.2, 0) is 30.6 Å². The van der Waals surface area contributed by atoms with E-state index in [1.165, 1.54) is 31.2 Å². The first kappa shape index (κ1) is 30.3. The van der Waals surface area contributed by atoms with Crippen molar-refractivity contribution in [3.63, 3.8) is 0 Å². The third-order valence-corrected chi connectivity index (χ3v) is 6.44. The molecule has 0 spiro atoms. The summed E-state index contributed by atoms with van der Waals surface area (Å²) >= 11 is 12.1. The van der Waals surface area contributed by atoms with Gasteiger partial charge in [0.1, 0.15) is 12.1 Å². The van der Waals surface area contributed by atoms with Gasteiger partial charge in [-0.2, -0.15) is 0 Å². The fourth-order valence-electron chi connectivity index (χ4n) is 3.61. The number of nitrogens with zero attached hydrogens (tertiary/aromatic N) is 1. The Labute approximate surface area is 225 Å². The Hall–Kier alpha value is -2.95. The lowest BCUT2D eigenvalue weighted by molar-refractivity contribution is -0.137. The first-order chi connectivity index (χ1) is 17.4. The summed E-state index contributed by atoms with van der Waals surface area (Å²) in [6, 6.07) is 1.12. The average Bonchev–Trinajstić information content (AvgIpc) is 3.13. The number of anilines is 1. The van der Waals surface area contributed by atoms with E-state index in [1.54, 1.807) is 13.8 Å². The van der Waals surface area contributed by atoms with Crippen LogP contribution in [0.3, 0.4) is 0 Å². The fraction of sp³-hybridized carbons (Fsp3) is 0.480. The van der Waals surface area contributed by atoms with Crippen LogP contribution < -0.4 is 16.0 Å². The van der Waals surface area contributed by atoms with Crippen molar-refractivity contribution < 1.29 is 29.1 Å². The first-order valence-corrected chi connectivity index (χ1v) is 12.7. The molecular weight excluding hydrogens is 523 g/mol.